The summed E-state index contributed by atoms with van der Waals surface area (Å²) in [6.45, 7) is 6.37. The maximum Gasteiger partial charge on any atom is 0.209 e. The monoisotopic (exact) mass is 285 g/mol. The maximum absolute atomic E-state index is 11.2. The molecule has 1 rings (SSSR count). The Labute approximate surface area is 116 Å². The fraction of sp³-hybridized carbons (Fsp3) is 0.571. The Kier molecular flexibility index (Phi) is 5.82. The predicted molar refractivity (Wildman–Crippen MR) is 77.8 cm³/mol. The minimum Gasteiger partial charge on any atom is -0.493 e. The van der Waals surface area contributed by atoms with Gasteiger partial charge in [0.1, 0.15) is 5.75 Å². The quantitative estimate of drug-likeness (QED) is 0.836. The number of hydrogen-bond acceptors (Lipinski definition) is 3. The molecule has 0 aliphatic carbocycles. The topological polar surface area (TPSA) is 69.4 Å². The third-order valence-corrected chi connectivity index (χ3v) is 3.97. The van der Waals surface area contributed by atoms with Crippen LogP contribution in [0.1, 0.15) is 30.9 Å². The van der Waals surface area contributed by atoms with Crippen molar-refractivity contribution in [1.29, 1.82) is 0 Å². The smallest absolute Gasteiger partial charge is 0.209 e. The molecule has 1 aromatic carbocycles. The second kappa shape index (κ2) is 6.91. The van der Waals surface area contributed by atoms with Crippen molar-refractivity contribution in [3.05, 3.63) is 29.3 Å². The molecule has 108 valence electrons. The molecule has 0 aliphatic heterocycles. The number of rotatable bonds is 7. The molecule has 1 atom stereocenters. The molecule has 0 fully saturated rings. The van der Waals surface area contributed by atoms with E-state index in [2.05, 4.69) is 0 Å². The molecule has 2 N–H and O–H groups in total. The first-order chi connectivity index (χ1) is 8.83. The van der Waals surface area contributed by atoms with Gasteiger partial charge in [0.05, 0.1) is 12.4 Å². The summed E-state index contributed by atoms with van der Waals surface area (Å²) in [4.78, 5) is 0. The van der Waals surface area contributed by atoms with Gasteiger partial charge in [-0.25, -0.2) is 13.6 Å². The van der Waals surface area contributed by atoms with E-state index in [1.54, 1.807) is 0 Å². The van der Waals surface area contributed by atoms with Gasteiger partial charge in [0, 0.05) is 5.92 Å². The summed E-state index contributed by atoms with van der Waals surface area (Å²) < 4.78 is 28.2. The minimum absolute atomic E-state index is 0.0221. The van der Waals surface area contributed by atoms with Gasteiger partial charge >= 0.3 is 0 Å². The molecule has 0 spiro atoms. The molecule has 0 radical (unpaired) electrons. The van der Waals surface area contributed by atoms with Crippen molar-refractivity contribution in [2.24, 2.45) is 11.1 Å². The summed E-state index contributed by atoms with van der Waals surface area (Å²) in [7, 11) is -3.45. The number of para-hydroxylation sites is 1. The van der Waals surface area contributed by atoms with E-state index in [4.69, 9.17) is 9.88 Å². The second-order valence-electron chi connectivity index (χ2n) is 5.02. The lowest BCUT2D eigenvalue weighted by Crippen LogP contribution is -2.27. The van der Waals surface area contributed by atoms with Crippen molar-refractivity contribution in [2.75, 3.05) is 12.4 Å². The van der Waals surface area contributed by atoms with Crippen LogP contribution in [0.4, 0.5) is 0 Å². The van der Waals surface area contributed by atoms with E-state index in [-0.39, 0.29) is 11.7 Å². The van der Waals surface area contributed by atoms with Crippen molar-refractivity contribution in [3.8, 4) is 5.75 Å². The fourth-order valence-electron chi connectivity index (χ4n) is 2.18. The van der Waals surface area contributed by atoms with Crippen LogP contribution in [-0.2, 0) is 10.0 Å². The Bertz CT molecular complexity index is 491. The van der Waals surface area contributed by atoms with Crippen LogP contribution in [0.2, 0.25) is 0 Å². The number of primary sulfonamides is 1. The van der Waals surface area contributed by atoms with Gasteiger partial charge in [-0.05, 0) is 31.4 Å². The first-order valence-electron chi connectivity index (χ1n) is 6.53. The van der Waals surface area contributed by atoms with Crippen molar-refractivity contribution < 1.29 is 13.2 Å². The molecule has 5 heteroatoms. The van der Waals surface area contributed by atoms with E-state index >= 15 is 0 Å². The molecule has 4 nitrogen and oxygen atoms in total. The lowest BCUT2D eigenvalue weighted by Gasteiger charge is -2.18. The molecule has 0 heterocycles. The lowest BCUT2D eigenvalue weighted by molar-refractivity contribution is 0.250. The molecule has 19 heavy (non-hydrogen) atoms. The van der Waals surface area contributed by atoms with Gasteiger partial charge < -0.3 is 4.74 Å². The summed E-state index contributed by atoms with van der Waals surface area (Å²) in [5.41, 5.74) is 2.12. The zero-order valence-corrected chi connectivity index (χ0v) is 12.7. The van der Waals surface area contributed by atoms with Gasteiger partial charge in [-0.3, -0.25) is 0 Å². The van der Waals surface area contributed by atoms with Gasteiger partial charge in [-0.1, -0.05) is 31.5 Å². The summed E-state index contributed by atoms with van der Waals surface area (Å²) in [6, 6.07) is 5.94. The van der Waals surface area contributed by atoms with Gasteiger partial charge in [-0.15, -0.1) is 0 Å². The first kappa shape index (κ1) is 16.0. The molecule has 0 saturated heterocycles. The van der Waals surface area contributed by atoms with E-state index in [0.29, 0.717) is 6.61 Å². The molecule has 1 unspecified atom stereocenters. The highest BCUT2D eigenvalue weighted by atomic mass is 32.2. The minimum atomic E-state index is -3.45. The number of aryl methyl sites for hydroxylation is 2. The van der Waals surface area contributed by atoms with Crippen LogP contribution in [0.3, 0.4) is 0 Å². The number of nitrogens with two attached hydrogens (primary N) is 1. The molecule has 0 saturated carbocycles. The maximum atomic E-state index is 11.2. The largest absolute Gasteiger partial charge is 0.493 e. The van der Waals surface area contributed by atoms with Gasteiger partial charge in [0.25, 0.3) is 0 Å². The van der Waals surface area contributed by atoms with Crippen LogP contribution < -0.4 is 9.88 Å². The molecular formula is C14H23NO3S. The Morgan fingerprint density at radius 3 is 2.32 bits per heavy atom. The molecule has 0 amide bonds. The third-order valence-electron chi connectivity index (χ3n) is 3.04. The normalized spacial score (nSPS) is 13.3. The van der Waals surface area contributed by atoms with Crippen LogP contribution in [0.15, 0.2) is 18.2 Å². The zero-order chi connectivity index (χ0) is 14.5. The van der Waals surface area contributed by atoms with E-state index < -0.39 is 10.0 Å². The molecule has 0 aliphatic rings. The van der Waals surface area contributed by atoms with E-state index in [1.165, 1.54) is 0 Å². The van der Waals surface area contributed by atoms with Crippen LogP contribution in [0.25, 0.3) is 0 Å². The van der Waals surface area contributed by atoms with E-state index in [0.717, 1.165) is 29.7 Å². The van der Waals surface area contributed by atoms with Crippen LogP contribution in [0, 0.1) is 19.8 Å². The average Bonchev–Trinajstić information content (AvgIpc) is 2.26. The standard InChI is InChI=1S/C14H23NO3S/c1-4-6-13(10-19(15,16)17)9-18-14-11(2)7-5-8-12(14)3/h5,7-8,13H,4,6,9-10H2,1-3H3,(H2,15,16,17). The summed E-state index contributed by atoms with van der Waals surface area (Å²) in [5.74, 6) is 0.767. The highest BCUT2D eigenvalue weighted by molar-refractivity contribution is 7.89. The van der Waals surface area contributed by atoms with Crippen molar-refractivity contribution in [2.45, 2.75) is 33.6 Å². The highest BCUT2D eigenvalue weighted by Gasteiger charge is 2.16. The molecular weight excluding hydrogens is 262 g/mol. The average molecular weight is 285 g/mol. The molecule has 0 aromatic heterocycles. The summed E-state index contributed by atoms with van der Waals surface area (Å²) >= 11 is 0. The van der Waals surface area contributed by atoms with Gasteiger partial charge in [0.2, 0.25) is 10.0 Å². The third kappa shape index (κ3) is 5.61. The van der Waals surface area contributed by atoms with Gasteiger partial charge in [-0.2, -0.15) is 0 Å². The number of benzene rings is 1. The van der Waals surface area contributed by atoms with Crippen LogP contribution in [0.5, 0.6) is 5.75 Å². The summed E-state index contributed by atoms with van der Waals surface area (Å²) in [6.07, 6.45) is 1.71. The molecule has 1 aromatic rings. The van der Waals surface area contributed by atoms with Crippen LogP contribution in [-0.4, -0.2) is 20.8 Å². The zero-order valence-electron chi connectivity index (χ0n) is 11.8. The number of ether oxygens (including phenoxy) is 1. The first-order valence-corrected chi connectivity index (χ1v) is 8.24. The second-order valence-corrected chi connectivity index (χ2v) is 6.68. The Morgan fingerprint density at radius 2 is 1.84 bits per heavy atom. The highest BCUT2D eigenvalue weighted by Crippen LogP contribution is 2.23. The lowest BCUT2D eigenvalue weighted by atomic mass is 10.1. The number of hydrogen-bond donors (Lipinski definition) is 1. The van der Waals surface area contributed by atoms with E-state index in [9.17, 15) is 8.42 Å². The van der Waals surface area contributed by atoms with Crippen LogP contribution >= 0.6 is 0 Å². The van der Waals surface area contributed by atoms with Gasteiger partial charge in [0.15, 0.2) is 0 Å². The number of sulfonamides is 1. The fourth-order valence-corrected chi connectivity index (χ4v) is 3.10. The van der Waals surface area contributed by atoms with Crippen molar-refractivity contribution >= 4 is 10.0 Å². The molecule has 0 bridgehead atoms. The van der Waals surface area contributed by atoms with E-state index in [1.807, 2.05) is 39.0 Å². The Balaban J connectivity index is 2.71. The Morgan fingerprint density at radius 1 is 1.26 bits per heavy atom. The van der Waals surface area contributed by atoms with Crippen molar-refractivity contribution in [3.63, 3.8) is 0 Å². The van der Waals surface area contributed by atoms with Crippen molar-refractivity contribution in [1.82, 2.24) is 0 Å². The SMILES string of the molecule is CCCC(COc1c(C)cccc1C)CS(N)(=O)=O. The summed E-state index contributed by atoms with van der Waals surface area (Å²) in [5, 5.41) is 5.11. The predicted octanol–water partition coefficient (Wildman–Crippen LogP) is 2.39. The Hall–Kier alpha value is -1.07.